The fraction of sp³-hybridized carbons (Fsp3) is 0.217. The Morgan fingerprint density at radius 2 is 1.66 bits per heavy atom. The number of aromatic nitrogens is 3. The van der Waals surface area contributed by atoms with E-state index in [0.717, 1.165) is 27.9 Å². The number of nitrogens with zero attached hydrogens (tertiary/aromatic N) is 3. The highest BCUT2D eigenvalue weighted by Gasteiger charge is 2.22. The van der Waals surface area contributed by atoms with Crippen molar-refractivity contribution >= 4 is 21.1 Å². The van der Waals surface area contributed by atoms with Gasteiger partial charge in [0.05, 0.1) is 10.6 Å². The lowest BCUT2D eigenvalue weighted by atomic mass is 9.91. The van der Waals surface area contributed by atoms with Crippen LogP contribution in [0, 0.1) is 6.92 Å². The Morgan fingerprint density at radius 1 is 0.931 bits per heavy atom. The third-order valence-corrected chi connectivity index (χ3v) is 6.61. The molecule has 0 unspecified atom stereocenters. The van der Waals surface area contributed by atoms with E-state index in [1.54, 1.807) is 42.7 Å². The number of fused-ring (bicyclic) bond motifs is 1. The predicted molar refractivity (Wildman–Crippen MR) is 115 cm³/mol. The highest BCUT2D eigenvalue weighted by atomic mass is 32.2. The summed E-state index contributed by atoms with van der Waals surface area (Å²) in [7, 11) is -3.74. The summed E-state index contributed by atoms with van der Waals surface area (Å²) in [6.07, 6.45) is 3.19. The lowest BCUT2D eigenvalue weighted by Crippen LogP contribution is -2.13. The maximum atomic E-state index is 13.2. The Balaban J connectivity index is 1.88. The van der Waals surface area contributed by atoms with Crippen LogP contribution in [0.25, 0.3) is 22.3 Å². The number of hydrogen-bond donors (Lipinski definition) is 0. The van der Waals surface area contributed by atoms with E-state index in [4.69, 9.17) is 4.98 Å². The van der Waals surface area contributed by atoms with Crippen molar-refractivity contribution in [1.82, 2.24) is 13.9 Å². The van der Waals surface area contributed by atoms with E-state index in [1.165, 1.54) is 3.97 Å². The molecule has 3 heterocycles. The summed E-state index contributed by atoms with van der Waals surface area (Å²) in [5.41, 5.74) is 3.96. The monoisotopic (exact) mass is 405 g/mol. The van der Waals surface area contributed by atoms with Crippen molar-refractivity contribution in [3.05, 3.63) is 78.2 Å². The molecule has 0 amide bonds. The Morgan fingerprint density at radius 3 is 2.34 bits per heavy atom. The molecule has 0 aliphatic carbocycles. The fourth-order valence-corrected chi connectivity index (χ4v) is 4.56. The van der Waals surface area contributed by atoms with Crippen molar-refractivity contribution in [2.45, 2.75) is 38.0 Å². The van der Waals surface area contributed by atoms with E-state index in [9.17, 15) is 8.42 Å². The van der Waals surface area contributed by atoms with Crippen LogP contribution in [-0.2, 0) is 15.4 Å². The van der Waals surface area contributed by atoms with Crippen molar-refractivity contribution in [3.8, 4) is 11.3 Å². The quantitative estimate of drug-likeness (QED) is 0.484. The van der Waals surface area contributed by atoms with Crippen LogP contribution in [0.1, 0.15) is 32.0 Å². The van der Waals surface area contributed by atoms with Crippen LogP contribution < -0.4 is 0 Å². The van der Waals surface area contributed by atoms with Crippen molar-refractivity contribution in [1.29, 1.82) is 0 Å². The maximum Gasteiger partial charge on any atom is 0.269 e. The number of benzene rings is 1. The molecular weight excluding hydrogens is 382 g/mol. The molecule has 3 aromatic heterocycles. The standard InChI is InChI=1S/C23H23N3O2S/c1-16-8-10-17(11-9-16)29(27,28)26-15-13-19-18(12-14-24-22(19)26)20-6-5-7-21(25-20)23(2,3)4/h5-15H,1-4H3. The van der Waals surface area contributed by atoms with Gasteiger partial charge < -0.3 is 0 Å². The van der Waals surface area contributed by atoms with Gasteiger partial charge in [0.15, 0.2) is 5.65 Å². The van der Waals surface area contributed by atoms with Gasteiger partial charge in [0.25, 0.3) is 10.0 Å². The predicted octanol–water partition coefficient (Wildman–Crippen LogP) is 4.94. The first-order chi connectivity index (χ1) is 13.7. The zero-order valence-electron chi connectivity index (χ0n) is 16.9. The van der Waals surface area contributed by atoms with Gasteiger partial charge in [-0.25, -0.2) is 17.4 Å². The minimum atomic E-state index is -3.74. The molecule has 148 valence electrons. The van der Waals surface area contributed by atoms with Crippen molar-refractivity contribution in [3.63, 3.8) is 0 Å². The topological polar surface area (TPSA) is 64.8 Å². The van der Waals surface area contributed by atoms with Gasteiger partial charge in [0, 0.05) is 34.5 Å². The molecule has 6 heteroatoms. The van der Waals surface area contributed by atoms with Crippen molar-refractivity contribution < 1.29 is 8.42 Å². The SMILES string of the molecule is Cc1ccc(S(=O)(=O)n2ccc3c(-c4cccc(C(C)(C)C)n4)ccnc32)cc1. The van der Waals surface area contributed by atoms with Crippen LogP contribution in [0.2, 0.25) is 0 Å². The van der Waals surface area contributed by atoms with Gasteiger partial charge in [-0.2, -0.15) is 0 Å². The molecule has 0 aliphatic rings. The summed E-state index contributed by atoms with van der Waals surface area (Å²) >= 11 is 0. The number of pyridine rings is 2. The van der Waals surface area contributed by atoms with Gasteiger partial charge in [-0.15, -0.1) is 0 Å². The van der Waals surface area contributed by atoms with E-state index >= 15 is 0 Å². The van der Waals surface area contributed by atoms with Crippen LogP contribution in [0.15, 0.2) is 71.9 Å². The van der Waals surface area contributed by atoms with E-state index in [2.05, 4.69) is 25.8 Å². The molecular formula is C23H23N3O2S. The molecule has 0 saturated heterocycles. The molecule has 1 aromatic carbocycles. The van der Waals surface area contributed by atoms with Gasteiger partial charge in [0.1, 0.15) is 0 Å². The van der Waals surface area contributed by atoms with Gasteiger partial charge in [-0.05, 0) is 43.3 Å². The number of rotatable bonds is 3. The summed E-state index contributed by atoms with van der Waals surface area (Å²) < 4.78 is 27.6. The van der Waals surface area contributed by atoms with Gasteiger partial charge in [-0.1, -0.05) is 44.5 Å². The van der Waals surface area contributed by atoms with Crippen LogP contribution in [0.5, 0.6) is 0 Å². The van der Waals surface area contributed by atoms with Crippen LogP contribution in [-0.4, -0.2) is 22.4 Å². The molecule has 0 saturated carbocycles. The van der Waals surface area contributed by atoms with E-state index < -0.39 is 10.0 Å². The van der Waals surface area contributed by atoms with E-state index in [1.807, 2.05) is 31.2 Å². The molecule has 5 nitrogen and oxygen atoms in total. The Labute approximate surface area is 171 Å². The van der Waals surface area contributed by atoms with Crippen molar-refractivity contribution in [2.75, 3.05) is 0 Å². The molecule has 0 radical (unpaired) electrons. The summed E-state index contributed by atoms with van der Waals surface area (Å²) in [6, 6.07) is 16.4. The highest BCUT2D eigenvalue weighted by Crippen LogP contribution is 2.30. The van der Waals surface area contributed by atoms with Gasteiger partial charge in [-0.3, -0.25) is 4.98 Å². The first kappa shape index (κ1) is 19.3. The zero-order chi connectivity index (χ0) is 20.8. The summed E-state index contributed by atoms with van der Waals surface area (Å²) in [4.78, 5) is 9.42. The Kier molecular flexibility index (Phi) is 4.54. The Bertz CT molecular complexity index is 1300. The summed E-state index contributed by atoms with van der Waals surface area (Å²) in [5, 5.41) is 0.752. The molecule has 0 spiro atoms. The summed E-state index contributed by atoms with van der Waals surface area (Å²) in [6.45, 7) is 8.28. The molecule has 0 bridgehead atoms. The summed E-state index contributed by atoms with van der Waals surface area (Å²) in [5.74, 6) is 0. The second-order valence-corrected chi connectivity index (χ2v) is 10.00. The van der Waals surface area contributed by atoms with Crippen molar-refractivity contribution in [2.24, 2.45) is 0 Å². The lowest BCUT2D eigenvalue weighted by Gasteiger charge is -2.18. The molecule has 0 aliphatic heterocycles. The molecule has 0 atom stereocenters. The first-order valence-corrected chi connectivity index (χ1v) is 10.9. The minimum absolute atomic E-state index is 0.0805. The van der Waals surface area contributed by atoms with Crippen LogP contribution in [0.3, 0.4) is 0 Å². The third-order valence-electron chi connectivity index (χ3n) is 4.93. The van der Waals surface area contributed by atoms with Crippen LogP contribution >= 0.6 is 0 Å². The van der Waals surface area contributed by atoms with Crippen LogP contribution in [0.4, 0.5) is 0 Å². The fourth-order valence-electron chi connectivity index (χ4n) is 3.26. The maximum absolute atomic E-state index is 13.2. The molecule has 0 fully saturated rings. The normalized spacial score (nSPS) is 12.4. The Hall–Kier alpha value is -2.99. The average Bonchev–Trinajstić information content (AvgIpc) is 3.13. The van der Waals surface area contributed by atoms with Gasteiger partial charge in [0.2, 0.25) is 0 Å². The minimum Gasteiger partial charge on any atom is -0.252 e. The van der Waals surface area contributed by atoms with E-state index in [-0.39, 0.29) is 10.3 Å². The lowest BCUT2D eigenvalue weighted by molar-refractivity contribution is 0.570. The first-order valence-electron chi connectivity index (χ1n) is 9.44. The second-order valence-electron chi connectivity index (χ2n) is 8.18. The molecule has 29 heavy (non-hydrogen) atoms. The largest absolute Gasteiger partial charge is 0.269 e. The zero-order valence-corrected chi connectivity index (χ0v) is 17.7. The number of aryl methyl sites for hydroxylation is 1. The second kappa shape index (κ2) is 6.81. The smallest absolute Gasteiger partial charge is 0.252 e. The molecule has 4 rings (SSSR count). The third kappa shape index (κ3) is 3.44. The molecule has 0 N–H and O–H groups in total. The number of hydrogen-bond acceptors (Lipinski definition) is 4. The van der Waals surface area contributed by atoms with Gasteiger partial charge >= 0.3 is 0 Å². The molecule has 4 aromatic rings. The van der Waals surface area contributed by atoms with E-state index in [0.29, 0.717) is 5.65 Å². The highest BCUT2D eigenvalue weighted by molar-refractivity contribution is 7.90. The average molecular weight is 406 g/mol.